The second-order valence-corrected chi connectivity index (χ2v) is 8.37. The monoisotopic (exact) mass is 350 g/mol. The first-order chi connectivity index (χ1) is 12.6. The van der Waals surface area contributed by atoms with Crippen LogP contribution in [0, 0.1) is 5.92 Å². The summed E-state index contributed by atoms with van der Waals surface area (Å²) in [5.41, 5.74) is 7.28. The van der Waals surface area contributed by atoms with E-state index in [9.17, 15) is 0 Å². The quantitative estimate of drug-likeness (QED) is 0.872. The average molecular weight is 351 g/mol. The average Bonchev–Trinajstić information content (AvgIpc) is 2.67. The highest BCUT2D eigenvalue weighted by molar-refractivity contribution is 5.50. The van der Waals surface area contributed by atoms with Crippen LogP contribution in [-0.4, -0.2) is 21.5 Å². The maximum atomic E-state index is 4.96. The van der Waals surface area contributed by atoms with Gasteiger partial charge in [0.25, 0.3) is 0 Å². The normalized spacial score (nSPS) is 20.2. The Morgan fingerprint density at radius 3 is 2.58 bits per heavy atom. The lowest BCUT2D eigenvalue weighted by Crippen LogP contribution is -2.26. The number of nitrogens with one attached hydrogen (secondary N) is 1. The topological polar surface area (TPSA) is 50.7 Å². The van der Waals surface area contributed by atoms with Crippen LogP contribution in [0.4, 0.5) is 5.69 Å². The van der Waals surface area contributed by atoms with Crippen LogP contribution in [0.25, 0.3) is 0 Å². The predicted octanol–water partition coefficient (Wildman–Crippen LogP) is 4.65. The molecule has 0 bridgehead atoms. The van der Waals surface area contributed by atoms with E-state index in [1.807, 2.05) is 6.20 Å². The predicted molar refractivity (Wildman–Crippen MR) is 106 cm³/mol. The van der Waals surface area contributed by atoms with Crippen molar-refractivity contribution in [1.29, 1.82) is 0 Å². The third-order valence-corrected chi connectivity index (χ3v) is 5.87. The molecular formula is C22H30N4. The first-order valence-corrected chi connectivity index (χ1v) is 10.2. The Morgan fingerprint density at radius 2 is 1.77 bits per heavy atom. The number of rotatable bonds is 4. The Bertz CT molecular complexity index is 784. The molecule has 2 unspecified atom stereocenters. The van der Waals surface area contributed by atoms with Gasteiger partial charge in [0.05, 0.1) is 28.5 Å². The molecule has 26 heavy (non-hydrogen) atoms. The van der Waals surface area contributed by atoms with E-state index in [1.54, 1.807) is 0 Å². The molecule has 1 aliphatic heterocycles. The molecule has 2 atom stereocenters. The van der Waals surface area contributed by atoms with E-state index in [2.05, 4.69) is 38.2 Å². The lowest BCUT2D eigenvalue weighted by Gasteiger charge is -2.28. The highest BCUT2D eigenvalue weighted by Crippen LogP contribution is 2.31. The summed E-state index contributed by atoms with van der Waals surface area (Å²) in [4.78, 5) is 14.6. The van der Waals surface area contributed by atoms with Gasteiger partial charge in [-0.25, -0.2) is 0 Å². The highest BCUT2D eigenvalue weighted by Gasteiger charge is 2.24. The largest absolute Gasteiger partial charge is 0.383 e. The van der Waals surface area contributed by atoms with Gasteiger partial charge in [-0.2, -0.15) is 0 Å². The van der Waals surface area contributed by atoms with E-state index < -0.39 is 0 Å². The summed E-state index contributed by atoms with van der Waals surface area (Å²) in [5.74, 6) is 1.52. The van der Waals surface area contributed by atoms with E-state index >= 15 is 0 Å². The van der Waals surface area contributed by atoms with Crippen molar-refractivity contribution in [3.63, 3.8) is 0 Å². The molecule has 0 radical (unpaired) electrons. The van der Waals surface area contributed by atoms with Crippen molar-refractivity contribution in [2.24, 2.45) is 5.92 Å². The van der Waals surface area contributed by atoms with Gasteiger partial charge in [-0.3, -0.25) is 15.0 Å². The SMILES string of the molecule is CC(C)c1ccc2c(n1)CC(CC(C)c1cnc3c(n1)CCCC3)CN2. The van der Waals surface area contributed by atoms with Gasteiger partial charge in [0.1, 0.15) is 0 Å². The third kappa shape index (κ3) is 3.60. The number of anilines is 1. The van der Waals surface area contributed by atoms with Gasteiger partial charge in [0.2, 0.25) is 0 Å². The number of pyridine rings is 1. The van der Waals surface area contributed by atoms with Crippen LogP contribution >= 0.6 is 0 Å². The molecule has 4 nitrogen and oxygen atoms in total. The van der Waals surface area contributed by atoms with Gasteiger partial charge in [0.15, 0.2) is 0 Å². The van der Waals surface area contributed by atoms with Gasteiger partial charge in [0, 0.05) is 24.4 Å². The number of hydrogen-bond acceptors (Lipinski definition) is 4. The molecule has 3 heterocycles. The van der Waals surface area contributed by atoms with Crippen LogP contribution in [0.3, 0.4) is 0 Å². The van der Waals surface area contributed by atoms with Crippen LogP contribution in [0.5, 0.6) is 0 Å². The van der Waals surface area contributed by atoms with Crippen LogP contribution in [0.1, 0.15) is 80.3 Å². The zero-order valence-electron chi connectivity index (χ0n) is 16.3. The van der Waals surface area contributed by atoms with Gasteiger partial charge in [-0.05, 0) is 62.5 Å². The second-order valence-electron chi connectivity index (χ2n) is 8.37. The van der Waals surface area contributed by atoms with Crippen molar-refractivity contribution in [3.8, 4) is 0 Å². The van der Waals surface area contributed by atoms with Gasteiger partial charge in [-0.15, -0.1) is 0 Å². The maximum absolute atomic E-state index is 4.96. The molecule has 4 rings (SSSR count). The standard InChI is InChI=1S/C22H30N4/c1-14(2)17-8-9-19-21(25-17)11-16(12-23-19)10-15(3)22-13-24-18-6-4-5-7-20(18)26-22/h8-9,13-16,23H,4-7,10-12H2,1-3H3. The first kappa shape index (κ1) is 17.4. The van der Waals surface area contributed by atoms with Crippen molar-refractivity contribution >= 4 is 5.69 Å². The van der Waals surface area contributed by atoms with Crippen LogP contribution < -0.4 is 5.32 Å². The number of hydrogen-bond donors (Lipinski definition) is 1. The Morgan fingerprint density at radius 1 is 1.00 bits per heavy atom. The number of aromatic nitrogens is 3. The van der Waals surface area contributed by atoms with Crippen molar-refractivity contribution in [1.82, 2.24) is 15.0 Å². The molecular weight excluding hydrogens is 320 g/mol. The molecule has 4 heteroatoms. The minimum atomic E-state index is 0.441. The molecule has 2 aromatic rings. The lowest BCUT2D eigenvalue weighted by molar-refractivity contribution is 0.443. The van der Waals surface area contributed by atoms with Crippen molar-refractivity contribution < 1.29 is 0 Å². The Labute approximate surface area is 156 Å². The molecule has 0 saturated heterocycles. The summed E-state index contributed by atoms with van der Waals surface area (Å²) in [7, 11) is 0. The lowest BCUT2D eigenvalue weighted by atomic mass is 9.87. The number of aryl methyl sites for hydroxylation is 2. The van der Waals surface area contributed by atoms with Gasteiger partial charge in [-0.1, -0.05) is 20.8 Å². The summed E-state index contributed by atoms with van der Waals surface area (Å²) < 4.78 is 0. The second kappa shape index (κ2) is 7.34. The molecule has 0 spiro atoms. The molecule has 0 fully saturated rings. The van der Waals surface area contributed by atoms with Crippen LogP contribution in [0.2, 0.25) is 0 Å². The molecule has 0 saturated carbocycles. The van der Waals surface area contributed by atoms with Crippen LogP contribution in [0.15, 0.2) is 18.3 Å². The molecule has 0 aromatic carbocycles. The Kier molecular flexibility index (Phi) is 4.92. The zero-order valence-corrected chi connectivity index (χ0v) is 16.3. The zero-order chi connectivity index (χ0) is 18.1. The third-order valence-electron chi connectivity index (χ3n) is 5.87. The summed E-state index contributed by atoms with van der Waals surface area (Å²) >= 11 is 0. The van der Waals surface area contributed by atoms with Gasteiger partial charge < -0.3 is 5.32 Å². The minimum Gasteiger partial charge on any atom is -0.383 e. The van der Waals surface area contributed by atoms with E-state index in [-0.39, 0.29) is 0 Å². The molecule has 2 aliphatic rings. The van der Waals surface area contributed by atoms with E-state index in [4.69, 9.17) is 15.0 Å². The van der Waals surface area contributed by atoms with E-state index in [0.29, 0.717) is 17.8 Å². The Balaban J connectivity index is 1.45. The van der Waals surface area contributed by atoms with E-state index in [1.165, 1.54) is 47.0 Å². The summed E-state index contributed by atoms with van der Waals surface area (Å²) in [5, 5.41) is 3.59. The molecule has 138 valence electrons. The summed E-state index contributed by atoms with van der Waals surface area (Å²) in [6.45, 7) is 7.74. The molecule has 0 amide bonds. The smallest absolute Gasteiger partial charge is 0.0641 e. The minimum absolute atomic E-state index is 0.441. The first-order valence-electron chi connectivity index (χ1n) is 10.2. The molecule has 2 aromatic heterocycles. The Hall–Kier alpha value is -1.97. The highest BCUT2D eigenvalue weighted by atomic mass is 14.9. The van der Waals surface area contributed by atoms with Crippen molar-refractivity contribution in [3.05, 3.63) is 46.8 Å². The fourth-order valence-corrected chi connectivity index (χ4v) is 4.24. The van der Waals surface area contributed by atoms with Crippen molar-refractivity contribution in [2.45, 2.75) is 71.1 Å². The van der Waals surface area contributed by atoms with Gasteiger partial charge >= 0.3 is 0 Å². The van der Waals surface area contributed by atoms with E-state index in [0.717, 1.165) is 32.2 Å². The number of nitrogens with zero attached hydrogens (tertiary/aromatic N) is 3. The molecule has 1 aliphatic carbocycles. The number of fused-ring (bicyclic) bond motifs is 2. The van der Waals surface area contributed by atoms with Crippen LogP contribution in [-0.2, 0) is 19.3 Å². The fraction of sp³-hybridized carbons (Fsp3) is 0.591. The molecule has 1 N–H and O–H groups in total. The fourth-order valence-electron chi connectivity index (χ4n) is 4.24. The summed E-state index contributed by atoms with van der Waals surface area (Å²) in [6.07, 6.45) is 8.93. The van der Waals surface area contributed by atoms with Crippen molar-refractivity contribution in [2.75, 3.05) is 11.9 Å². The maximum Gasteiger partial charge on any atom is 0.0641 e. The summed E-state index contributed by atoms with van der Waals surface area (Å²) in [6, 6.07) is 4.36.